The third kappa shape index (κ3) is 4.46. The van der Waals surface area contributed by atoms with Crippen molar-refractivity contribution in [2.45, 2.75) is 39.0 Å². The van der Waals surface area contributed by atoms with Gasteiger partial charge < -0.3 is 15.2 Å². The molecule has 1 aliphatic rings. The Kier molecular flexibility index (Phi) is 5.62. The standard InChI is InChI=1S/C17H25NO3/c1-14-7-3-4-8-15(14)21-11-16(20)18-12-17(13-19)9-5-2-6-10-17/h3-4,7-8,19H,2,5-6,9-13H2,1H3,(H,18,20). The molecule has 0 aromatic heterocycles. The van der Waals surface area contributed by atoms with Gasteiger partial charge in [0, 0.05) is 12.0 Å². The van der Waals surface area contributed by atoms with Crippen molar-refractivity contribution in [2.75, 3.05) is 19.8 Å². The Hall–Kier alpha value is -1.55. The summed E-state index contributed by atoms with van der Waals surface area (Å²) >= 11 is 0. The molecule has 0 saturated heterocycles. The summed E-state index contributed by atoms with van der Waals surface area (Å²) in [6, 6.07) is 7.65. The molecule has 1 aliphatic carbocycles. The van der Waals surface area contributed by atoms with Crippen LogP contribution in [-0.2, 0) is 4.79 Å². The maximum Gasteiger partial charge on any atom is 0.257 e. The molecule has 0 radical (unpaired) electrons. The van der Waals surface area contributed by atoms with Crippen LogP contribution in [0.15, 0.2) is 24.3 Å². The second-order valence-corrected chi connectivity index (χ2v) is 6.05. The molecule has 0 spiro atoms. The molecule has 4 heteroatoms. The van der Waals surface area contributed by atoms with Crippen LogP contribution < -0.4 is 10.1 Å². The zero-order valence-electron chi connectivity index (χ0n) is 12.7. The lowest BCUT2D eigenvalue weighted by Gasteiger charge is -2.35. The molecule has 0 atom stereocenters. The first-order valence-electron chi connectivity index (χ1n) is 7.71. The maximum atomic E-state index is 11.9. The summed E-state index contributed by atoms with van der Waals surface area (Å²) in [4.78, 5) is 11.9. The van der Waals surface area contributed by atoms with Gasteiger partial charge in [-0.25, -0.2) is 0 Å². The van der Waals surface area contributed by atoms with Gasteiger partial charge in [0.05, 0.1) is 6.61 Å². The summed E-state index contributed by atoms with van der Waals surface area (Å²) in [5.74, 6) is 0.610. The molecule has 1 saturated carbocycles. The summed E-state index contributed by atoms with van der Waals surface area (Å²) in [6.45, 7) is 2.66. The molecular formula is C17H25NO3. The highest BCUT2D eigenvalue weighted by molar-refractivity contribution is 5.77. The van der Waals surface area contributed by atoms with E-state index in [0.717, 1.165) is 37.0 Å². The molecule has 1 aromatic rings. The highest BCUT2D eigenvalue weighted by Gasteiger charge is 2.31. The van der Waals surface area contributed by atoms with E-state index in [9.17, 15) is 9.90 Å². The fraction of sp³-hybridized carbons (Fsp3) is 0.588. The van der Waals surface area contributed by atoms with Gasteiger partial charge >= 0.3 is 0 Å². The lowest BCUT2D eigenvalue weighted by Crippen LogP contribution is -2.42. The molecule has 21 heavy (non-hydrogen) atoms. The Morgan fingerprint density at radius 3 is 2.67 bits per heavy atom. The van der Waals surface area contributed by atoms with Gasteiger partial charge in [0.2, 0.25) is 0 Å². The highest BCUT2D eigenvalue weighted by atomic mass is 16.5. The molecule has 1 amide bonds. The molecule has 0 heterocycles. The van der Waals surface area contributed by atoms with Crippen molar-refractivity contribution in [2.24, 2.45) is 5.41 Å². The van der Waals surface area contributed by atoms with Crippen LogP contribution in [0.5, 0.6) is 5.75 Å². The van der Waals surface area contributed by atoms with Crippen LogP contribution in [0.3, 0.4) is 0 Å². The summed E-state index contributed by atoms with van der Waals surface area (Å²) in [6.07, 6.45) is 5.48. The Morgan fingerprint density at radius 2 is 2.00 bits per heavy atom. The van der Waals surface area contributed by atoms with Crippen LogP contribution in [0.4, 0.5) is 0 Å². The van der Waals surface area contributed by atoms with Crippen molar-refractivity contribution >= 4 is 5.91 Å². The van der Waals surface area contributed by atoms with Crippen LogP contribution in [0.2, 0.25) is 0 Å². The van der Waals surface area contributed by atoms with Crippen LogP contribution in [0.1, 0.15) is 37.7 Å². The second kappa shape index (κ2) is 7.46. The van der Waals surface area contributed by atoms with Crippen molar-refractivity contribution in [3.8, 4) is 5.75 Å². The molecule has 0 bridgehead atoms. The number of rotatable bonds is 6. The summed E-state index contributed by atoms with van der Waals surface area (Å²) < 4.78 is 5.53. The summed E-state index contributed by atoms with van der Waals surface area (Å²) in [7, 11) is 0. The van der Waals surface area contributed by atoms with E-state index in [0.29, 0.717) is 6.54 Å². The fourth-order valence-electron chi connectivity index (χ4n) is 2.89. The van der Waals surface area contributed by atoms with Crippen LogP contribution in [-0.4, -0.2) is 30.8 Å². The average Bonchev–Trinajstić information content (AvgIpc) is 2.53. The normalized spacial score (nSPS) is 17.2. The minimum absolute atomic E-state index is 0.0202. The van der Waals surface area contributed by atoms with Crippen molar-refractivity contribution in [3.05, 3.63) is 29.8 Å². The number of aliphatic hydroxyl groups is 1. The number of ether oxygens (including phenoxy) is 1. The maximum absolute atomic E-state index is 11.9. The number of aryl methyl sites for hydroxylation is 1. The summed E-state index contributed by atoms with van der Waals surface area (Å²) in [5, 5.41) is 12.5. The Labute approximate surface area is 126 Å². The molecule has 1 fully saturated rings. The first-order valence-corrected chi connectivity index (χ1v) is 7.71. The van der Waals surface area contributed by atoms with E-state index < -0.39 is 0 Å². The minimum Gasteiger partial charge on any atom is -0.484 e. The highest BCUT2D eigenvalue weighted by Crippen LogP contribution is 2.35. The second-order valence-electron chi connectivity index (χ2n) is 6.05. The van der Waals surface area contributed by atoms with Crippen LogP contribution in [0.25, 0.3) is 0 Å². The monoisotopic (exact) mass is 291 g/mol. The minimum atomic E-state index is -0.128. The van der Waals surface area contributed by atoms with Crippen molar-refractivity contribution < 1.29 is 14.6 Å². The van der Waals surface area contributed by atoms with Crippen molar-refractivity contribution in [1.29, 1.82) is 0 Å². The van der Waals surface area contributed by atoms with E-state index in [2.05, 4.69) is 5.32 Å². The number of aliphatic hydroxyl groups excluding tert-OH is 1. The Bertz CT molecular complexity index is 467. The van der Waals surface area contributed by atoms with Crippen molar-refractivity contribution in [3.63, 3.8) is 0 Å². The molecule has 116 valence electrons. The summed E-state index contributed by atoms with van der Waals surface area (Å²) in [5.41, 5.74) is 0.890. The molecule has 0 unspecified atom stereocenters. The van der Waals surface area contributed by atoms with E-state index in [-0.39, 0.29) is 24.5 Å². The lowest BCUT2D eigenvalue weighted by molar-refractivity contribution is -0.123. The average molecular weight is 291 g/mol. The van der Waals surface area contributed by atoms with Gasteiger partial charge in [-0.1, -0.05) is 37.5 Å². The molecule has 2 rings (SSSR count). The van der Waals surface area contributed by atoms with Gasteiger partial charge in [-0.3, -0.25) is 4.79 Å². The number of carbonyl (C=O) groups excluding carboxylic acids is 1. The zero-order chi connectivity index (χ0) is 15.1. The number of hydrogen-bond acceptors (Lipinski definition) is 3. The van der Waals surface area contributed by atoms with Crippen LogP contribution in [0, 0.1) is 12.3 Å². The zero-order valence-corrected chi connectivity index (χ0v) is 12.7. The van der Waals surface area contributed by atoms with E-state index >= 15 is 0 Å². The van der Waals surface area contributed by atoms with Gasteiger partial charge in [-0.2, -0.15) is 0 Å². The SMILES string of the molecule is Cc1ccccc1OCC(=O)NCC1(CO)CCCCC1. The largest absolute Gasteiger partial charge is 0.484 e. The topological polar surface area (TPSA) is 58.6 Å². The Balaban J connectivity index is 1.78. The first-order chi connectivity index (χ1) is 10.2. The predicted molar refractivity (Wildman–Crippen MR) is 82.3 cm³/mol. The number of hydrogen-bond donors (Lipinski definition) is 2. The van der Waals surface area contributed by atoms with Gasteiger partial charge in [0.25, 0.3) is 5.91 Å². The number of carbonyl (C=O) groups is 1. The molecule has 2 N–H and O–H groups in total. The van der Waals surface area contributed by atoms with Gasteiger partial charge in [-0.05, 0) is 31.4 Å². The lowest BCUT2D eigenvalue weighted by atomic mass is 9.74. The molecule has 4 nitrogen and oxygen atoms in total. The predicted octanol–water partition coefficient (Wildman–Crippen LogP) is 2.43. The number of nitrogens with one attached hydrogen (secondary N) is 1. The smallest absolute Gasteiger partial charge is 0.257 e. The van der Waals surface area contributed by atoms with E-state index in [1.807, 2.05) is 31.2 Å². The number of amides is 1. The molecular weight excluding hydrogens is 266 g/mol. The third-order valence-corrected chi connectivity index (χ3v) is 4.36. The first kappa shape index (κ1) is 15.8. The molecule has 0 aliphatic heterocycles. The number of para-hydroxylation sites is 1. The third-order valence-electron chi connectivity index (χ3n) is 4.36. The van der Waals surface area contributed by atoms with Gasteiger partial charge in [0.1, 0.15) is 5.75 Å². The van der Waals surface area contributed by atoms with Crippen LogP contribution >= 0.6 is 0 Å². The fourth-order valence-corrected chi connectivity index (χ4v) is 2.89. The van der Waals surface area contributed by atoms with Gasteiger partial charge in [-0.15, -0.1) is 0 Å². The van der Waals surface area contributed by atoms with E-state index in [4.69, 9.17) is 4.74 Å². The van der Waals surface area contributed by atoms with Gasteiger partial charge in [0.15, 0.2) is 6.61 Å². The van der Waals surface area contributed by atoms with E-state index in [1.165, 1.54) is 6.42 Å². The van der Waals surface area contributed by atoms with Crippen molar-refractivity contribution in [1.82, 2.24) is 5.32 Å². The quantitative estimate of drug-likeness (QED) is 0.846. The number of benzene rings is 1. The van der Waals surface area contributed by atoms with E-state index in [1.54, 1.807) is 0 Å². The Morgan fingerprint density at radius 1 is 1.29 bits per heavy atom. The molecule has 1 aromatic carbocycles.